The molecule has 0 aliphatic heterocycles. The molecule has 0 aliphatic carbocycles. The Morgan fingerprint density at radius 1 is 1.29 bits per heavy atom. The van der Waals surface area contributed by atoms with E-state index in [0.29, 0.717) is 4.80 Å². The van der Waals surface area contributed by atoms with Crippen molar-refractivity contribution in [1.82, 2.24) is 4.57 Å². The number of aryl methyl sites for hydroxylation is 1. The molecule has 0 amide bonds. The molecule has 0 saturated carbocycles. The summed E-state index contributed by atoms with van der Waals surface area (Å²) in [5.74, 6) is -0.517. The molecule has 5 nitrogen and oxygen atoms in total. The molecule has 0 atom stereocenters. The summed E-state index contributed by atoms with van der Waals surface area (Å²) in [6.07, 6.45) is 0.849. The topological polar surface area (TPSA) is 60.7 Å². The molecule has 1 aromatic heterocycles. The minimum atomic E-state index is -0.469. The van der Waals surface area contributed by atoms with Gasteiger partial charge in [0, 0.05) is 13.8 Å². The number of para-hydroxylation sites is 1. The molecule has 2 rings (SSSR count). The van der Waals surface area contributed by atoms with Gasteiger partial charge in [-0.1, -0.05) is 25.1 Å². The Labute approximate surface area is 126 Å². The van der Waals surface area contributed by atoms with Crippen LogP contribution in [-0.2, 0) is 11.2 Å². The van der Waals surface area contributed by atoms with Crippen LogP contribution < -0.4 is 9.54 Å². The van der Waals surface area contributed by atoms with Crippen LogP contribution in [0.1, 0.15) is 31.1 Å². The van der Waals surface area contributed by atoms with Crippen molar-refractivity contribution in [3.05, 3.63) is 40.0 Å². The smallest absolute Gasteiger partial charge is 0.309 e. The lowest BCUT2D eigenvalue weighted by atomic mass is 10.1. The Bertz CT molecular complexity index is 743. The van der Waals surface area contributed by atoms with E-state index in [9.17, 15) is 9.59 Å². The fourth-order valence-corrected chi connectivity index (χ4v) is 2.74. The van der Waals surface area contributed by atoms with Gasteiger partial charge in [0.05, 0.1) is 11.1 Å². The number of esters is 1. The van der Waals surface area contributed by atoms with E-state index in [1.165, 1.54) is 29.8 Å². The van der Waals surface area contributed by atoms with Gasteiger partial charge < -0.3 is 4.74 Å². The minimum Gasteiger partial charge on any atom is -0.408 e. The van der Waals surface area contributed by atoms with Crippen molar-refractivity contribution in [2.45, 2.75) is 27.2 Å². The zero-order valence-corrected chi connectivity index (χ0v) is 12.9. The average Bonchev–Trinajstić information content (AvgIpc) is 2.81. The first-order valence-electron chi connectivity index (χ1n) is 6.55. The van der Waals surface area contributed by atoms with Crippen LogP contribution >= 0.6 is 11.3 Å². The molecule has 110 valence electrons. The maximum atomic E-state index is 11.8. The molecule has 0 radical (unpaired) electrons. The third kappa shape index (κ3) is 3.46. The maximum Gasteiger partial charge on any atom is 0.309 e. The quantitative estimate of drug-likeness (QED) is 0.819. The Hall–Kier alpha value is -2.21. The standard InChI is InChI=1S/C15H16N2O3S/c1-4-12-7-5-6-8-13(12)16-15-17(10(2)18)14(9-21-15)20-11(3)19/h5-9H,4H2,1-3H3. The monoisotopic (exact) mass is 304 g/mol. The van der Waals surface area contributed by atoms with E-state index in [2.05, 4.69) is 4.99 Å². The van der Waals surface area contributed by atoms with Crippen molar-refractivity contribution in [1.29, 1.82) is 0 Å². The van der Waals surface area contributed by atoms with Crippen LogP contribution in [0.15, 0.2) is 34.6 Å². The van der Waals surface area contributed by atoms with Gasteiger partial charge in [0.15, 0.2) is 4.80 Å². The average molecular weight is 304 g/mol. The fraction of sp³-hybridized carbons (Fsp3) is 0.267. The predicted molar refractivity (Wildman–Crippen MR) is 81.0 cm³/mol. The largest absolute Gasteiger partial charge is 0.408 e. The lowest BCUT2D eigenvalue weighted by Crippen LogP contribution is -2.22. The number of benzene rings is 1. The zero-order valence-electron chi connectivity index (χ0n) is 12.1. The van der Waals surface area contributed by atoms with E-state index in [1.54, 1.807) is 5.38 Å². The first-order chi connectivity index (χ1) is 10.0. The molecule has 1 aromatic carbocycles. The molecule has 0 fully saturated rings. The molecule has 0 saturated heterocycles. The lowest BCUT2D eigenvalue weighted by Gasteiger charge is -2.04. The third-order valence-corrected chi connectivity index (χ3v) is 3.63. The Balaban J connectivity index is 2.58. The summed E-state index contributed by atoms with van der Waals surface area (Å²) in [5.41, 5.74) is 1.90. The van der Waals surface area contributed by atoms with Gasteiger partial charge >= 0.3 is 5.97 Å². The summed E-state index contributed by atoms with van der Waals surface area (Å²) >= 11 is 1.26. The van der Waals surface area contributed by atoms with Gasteiger partial charge in [-0.2, -0.15) is 0 Å². The number of nitrogens with zero attached hydrogens (tertiary/aromatic N) is 2. The van der Waals surface area contributed by atoms with Crippen LogP contribution in [0.25, 0.3) is 0 Å². The van der Waals surface area contributed by atoms with E-state index < -0.39 is 5.97 Å². The van der Waals surface area contributed by atoms with Gasteiger partial charge in [0.1, 0.15) is 0 Å². The van der Waals surface area contributed by atoms with Crippen LogP contribution in [0.4, 0.5) is 5.69 Å². The molecular weight excluding hydrogens is 288 g/mol. The Morgan fingerprint density at radius 3 is 2.62 bits per heavy atom. The zero-order chi connectivity index (χ0) is 15.4. The van der Waals surface area contributed by atoms with Crippen LogP contribution in [0.3, 0.4) is 0 Å². The van der Waals surface area contributed by atoms with Crippen LogP contribution in [-0.4, -0.2) is 16.4 Å². The Kier molecular flexibility index (Phi) is 4.70. The molecule has 21 heavy (non-hydrogen) atoms. The van der Waals surface area contributed by atoms with E-state index >= 15 is 0 Å². The number of ether oxygens (including phenoxy) is 1. The van der Waals surface area contributed by atoms with E-state index in [4.69, 9.17) is 4.74 Å². The number of hydrogen-bond donors (Lipinski definition) is 0. The number of carbonyl (C=O) groups is 2. The SMILES string of the molecule is CCc1ccccc1N=c1scc(OC(C)=O)n1C(C)=O. The van der Waals surface area contributed by atoms with Crippen LogP contribution in [0.5, 0.6) is 5.88 Å². The second-order valence-electron chi connectivity index (χ2n) is 4.40. The molecule has 0 aliphatic rings. The summed E-state index contributed by atoms with van der Waals surface area (Å²) < 4.78 is 6.34. The Morgan fingerprint density at radius 2 is 2.00 bits per heavy atom. The van der Waals surface area contributed by atoms with Crippen LogP contribution in [0.2, 0.25) is 0 Å². The summed E-state index contributed by atoms with van der Waals surface area (Å²) in [4.78, 5) is 27.9. The van der Waals surface area contributed by atoms with Gasteiger partial charge in [0.2, 0.25) is 11.8 Å². The molecule has 6 heteroatoms. The third-order valence-electron chi connectivity index (χ3n) is 2.83. The number of carbonyl (C=O) groups excluding carboxylic acids is 2. The molecular formula is C15H16N2O3S. The molecule has 1 heterocycles. The van der Waals surface area contributed by atoms with E-state index in [1.807, 2.05) is 31.2 Å². The number of aromatic nitrogens is 1. The summed E-state index contributed by atoms with van der Waals surface area (Å²) in [7, 11) is 0. The van der Waals surface area contributed by atoms with E-state index in [0.717, 1.165) is 17.7 Å². The van der Waals surface area contributed by atoms with Gasteiger partial charge in [-0.25, -0.2) is 9.56 Å². The molecule has 0 spiro atoms. The minimum absolute atomic E-state index is 0.202. The number of hydrogen-bond acceptors (Lipinski definition) is 5. The predicted octanol–water partition coefficient (Wildman–Crippen LogP) is 2.93. The lowest BCUT2D eigenvalue weighted by molar-refractivity contribution is -0.132. The highest BCUT2D eigenvalue weighted by molar-refractivity contribution is 7.07. The maximum absolute atomic E-state index is 11.8. The van der Waals surface area contributed by atoms with Crippen molar-refractivity contribution < 1.29 is 14.3 Å². The summed E-state index contributed by atoms with van der Waals surface area (Å²) in [6, 6.07) is 7.75. The van der Waals surface area contributed by atoms with Crippen molar-refractivity contribution in [2.24, 2.45) is 4.99 Å². The number of thiazole rings is 1. The van der Waals surface area contributed by atoms with Crippen molar-refractivity contribution >= 4 is 28.9 Å². The molecule has 0 N–H and O–H groups in total. The van der Waals surface area contributed by atoms with Gasteiger partial charge in [-0.15, -0.1) is 11.3 Å². The van der Waals surface area contributed by atoms with Gasteiger partial charge in [0.25, 0.3) is 0 Å². The normalized spacial score (nSPS) is 11.5. The highest BCUT2D eigenvalue weighted by Crippen LogP contribution is 2.20. The van der Waals surface area contributed by atoms with Crippen LogP contribution in [0, 0.1) is 0 Å². The van der Waals surface area contributed by atoms with Gasteiger partial charge in [-0.3, -0.25) is 9.59 Å². The highest BCUT2D eigenvalue weighted by Gasteiger charge is 2.12. The second kappa shape index (κ2) is 6.49. The molecule has 0 bridgehead atoms. The summed E-state index contributed by atoms with van der Waals surface area (Å²) in [6.45, 7) is 4.75. The summed E-state index contributed by atoms with van der Waals surface area (Å²) in [5, 5.41) is 1.61. The number of rotatable bonds is 3. The molecule has 2 aromatic rings. The first kappa shape index (κ1) is 15.2. The van der Waals surface area contributed by atoms with Crippen molar-refractivity contribution in [2.75, 3.05) is 0 Å². The van der Waals surface area contributed by atoms with Gasteiger partial charge in [-0.05, 0) is 18.1 Å². The second-order valence-corrected chi connectivity index (χ2v) is 5.24. The van der Waals surface area contributed by atoms with Crippen molar-refractivity contribution in [3.8, 4) is 5.88 Å². The molecule has 0 unspecified atom stereocenters. The highest BCUT2D eigenvalue weighted by atomic mass is 32.1. The first-order valence-corrected chi connectivity index (χ1v) is 7.43. The van der Waals surface area contributed by atoms with Crippen molar-refractivity contribution in [3.63, 3.8) is 0 Å². The fourth-order valence-electron chi connectivity index (χ4n) is 1.91. The van der Waals surface area contributed by atoms with E-state index in [-0.39, 0.29) is 11.8 Å².